The Bertz CT molecular complexity index is 3930. The van der Waals surface area contributed by atoms with Gasteiger partial charge in [-0.3, -0.25) is 0 Å². The maximum absolute atomic E-state index is 14.9. The molecule has 72 heavy (non-hydrogen) atoms. The van der Waals surface area contributed by atoms with Gasteiger partial charge >= 0.3 is 0 Å². The lowest BCUT2D eigenvalue weighted by Crippen LogP contribution is -2.40. The molecule has 0 aliphatic heterocycles. The van der Waals surface area contributed by atoms with Crippen LogP contribution in [0.2, 0.25) is 0 Å². The molecule has 0 saturated heterocycles. The smallest absolute Gasteiger partial charge is 0.159 e. The molecule has 0 saturated carbocycles. The highest BCUT2D eigenvalue weighted by atomic mass is 19.1. The fourth-order valence-corrected chi connectivity index (χ4v) is 12.4. The average Bonchev–Trinajstić information content (AvgIpc) is 4.08. The van der Waals surface area contributed by atoms with E-state index in [1.165, 1.54) is 46.5 Å². The van der Waals surface area contributed by atoms with Gasteiger partial charge in [-0.25, -0.2) is 8.78 Å². The van der Waals surface area contributed by atoms with Gasteiger partial charge in [-0.15, -0.1) is 0 Å². The number of hydrogen-bond donors (Lipinski definition) is 0. The highest BCUT2D eigenvalue weighted by Crippen LogP contribution is 2.63. The van der Waals surface area contributed by atoms with Crippen molar-refractivity contribution in [1.29, 1.82) is 0 Å². The second kappa shape index (κ2) is 15.4. The zero-order valence-corrected chi connectivity index (χ0v) is 40.1. The van der Waals surface area contributed by atoms with Crippen molar-refractivity contribution in [2.45, 2.75) is 38.5 Å². The molecule has 0 amide bonds. The summed E-state index contributed by atoms with van der Waals surface area (Å²) in [5.74, 6) is -0.629. The quantitative estimate of drug-likeness (QED) is 0.166. The molecule has 12 aromatic rings. The zero-order valence-electron chi connectivity index (χ0n) is 40.1. The molecular weight excluding hydrogens is 891 g/mol. The van der Waals surface area contributed by atoms with Crippen LogP contribution in [0, 0.1) is 25.5 Å². The van der Waals surface area contributed by atoms with E-state index < -0.39 is 5.41 Å². The van der Waals surface area contributed by atoms with Crippen molar-refractivity contribution < 1.29 is 17.6 Å². The number of rotatable bonds is 6. The van der Waals surface area contributed by atoms with Gasteiger partial charge in [-0.1, -0.05) is 135 Å². The molecule has 2 aliphatic carbocycles. The molecule has 0 N–H and O–H groups in total. The van der Waals surface area contributed by atoms with Gasteiger partial charge in [-0.2, -0.15) is 0 Å². The Balaban J connectivity index is 1.07. The van der Waals surface area contributed by atoms with Crippen LogP contribution in [0.1, 0.15) is 58.4 Å². The molecule has 0 bridgehead atoms. The summed E-state index contributed by atoms with van der Waals surface area (Å²) in [7, 11) is 0. The van der Waals surface area contributed by atoms with E-state index in [1.54, 1.807) is 0 Å². The standard InChI is InChI=1S/C66H46F2N2O2/c1-39-13-9-15-47-49-17-11-23-59(63(49)71-61(39)47)69(43-29-25-41(67)26-30-43)45-33-35-53-51(37-45)52-38-46(34-36-54(52)66(53)57-21-7-5-19-55(57)65(3,4)56-20-6-8-22-58(56)66)70(44-31-27-42(68)28-32-44)60-24-12-18-50-48-16-10-14-40(2)62(48)72-64(50)60/h5-38H,1-4H3. The van der Waals surface area contributed by atoms with Crippen LogP contribution in [0.25, 0.3) is 55.0 Å². The average molecular weight is 937 g/mol. The van der Waals surface area contributed by atoms with E-state index in [4.69, 9.17) is 8.83 Å². The van der Waals surface area contributed by atoms with Crippen LogP contribution in [0.4, 0.5) is 42.9 Å². The number of fused-ring (bicyclic) bond motifs is 15. The summed E-state index contributed by atoms with van der Waals surface area (Å²) in [6, 6.07) is 69.9. The Morgan fingerprint density at radius 2 is 0.708 bits per heavy atom. The lowest BCUT2D eigenvalue weighted by atomic mass is 9.55. The van der Waals surface area contributed by atoms with Crippen molar-refractivity contribution >= 4 is 78.0 Å². The van der Waals surface area contributed by atoms with Crippen LogP contribution in [0.15, 0.2) is 215 Å². The van der Waals surface area contributed by atoms with Gasteiger partial charge in [0.15, 0.2) is 11.2 Å². The number of anilines is 6. The number of furan rings is 2. The molecule has 6 heteroatoms. The first-order chi connectivity index (χ1) is 35.1. The number of para-hydroxylation sites is 4. The van der Waals surface area contributed by atoms with E-state index in [1.807, 2.05) is 24.3 Å². The molecule has 14 rings (SSSR count). The third kappa shape index (κ3) is 5.83. The number of hydrogen-bond acceptors (Lipinski definition) is 4. The summed E-state index contributed by atoms with van der Waals surface area (Å²) in [5.41, 5.74) is 18.8. The van der Waals surface area contributed by atoms with Crippen LogP contribution < -0.4 is 9.80 Å². The maximum atomic E-state index is 14.9. The maximum Gasteiger partial charge on any atom is 0.159 e. The van der Waals surface area contributed by atoms with Crippen molar-refractivity contribution in [3.05, 3.63) is 262 Å². The molecular formula is C66H46F2N2O2. The number of halogens is 2. The predicted molar refractivity (Wildman–Crippen MR) is 289 cm³/mol. The zero-order chi connectivity index (χ0) is 48.6. The largest absolute Gasteiger partial charge is 0.454 e. The third-order valence-electron chi connectivity index (χ3n) is 15.7. The Kier molecular flexibility index (Phi) is 9.01. The van der Waals surface area contributed by atoms with E-state index in [0.717, 1.165) is 111 Å². The predicted octanol–water partition coefficient (Wildman–Crippen LogP) is 18.3. The molecule has 4 nitrogen and oxygen atoms in total. The molecule has 1 spiro atoms. The summed E-state index contributed by atoms with van der Waals surface area (Å²) >= 11 is 0. The van der Waals surface area contributed by atoms with E-state index in [-0.39, 0.29) is 17.0 Å². The van der Waals surface area contributed by atoms with Gasteiger partial charge in [0.25, 0.3) is 0 Å². The first-order valence-corrected chi connectivity index (χ1v) is 24.5. The first kappa shape index (κ1) is 42.2. The van der Waals surface area contributed by atoms with Crippen molar-refractivity contribution in [3.63, 3.8) is 0 Å². The summed E-state index contributed by atoms with van der Waals surface area (Å²) in [4.78, 5) is 4.38. The second-order valence-electron chi connectivity index (χ2n) is 20.0. The third-order valence-corrected chi connectivity index (χ3v) is 15.7. The highest BCUT2D eigenvalue weighted by molar-refractivity contribution is 6.12. The van der Waals surface area contributed by atoms with E-state index >= 15 is 0 Å². The van der Waals surface area contributed by atoms with Gasteiger partial charge in [-0.05, 0) is 154 Å². The molecule has 0 unspecified atom stereocenters. The van der Waals surface area contributed by atoms with Crippen LogP contribution in [0.3, 0.4) is 0 Å². The summed E-state index contributed by atoms with van der Waals surface area (Å²) in [6.07, 6.45) is 0. The normalized spacial score (nSPS) is 13.9. The molecule has 0 fully saturated rings. The number of benzene rings is 10. The van der Waals surface area contributed by atoms with E-state index in [9.17, 15) is 8.78 Å². The summed E-state index contributed by atoms with van der Waals surface area (Å²) in [6.45, 7) is 8.81. The van der Waals surface area contributed by atoms with Crippen molar-refractivity contribution in [3.8, 4) is 11.1 Å². The van der Waals surface area contributed by atoms with E-state index in [0.29, 0.717) is 0 Å². The Morgan fingerprint density at radius 3 is 1.12 bits per heavy atom. The van der Waals surface area contributed by atoms with Crippen LogP contribution in [0.5, 0.6) is 0 Å². The van der Waals surface area contributed by atoms with E-state index in [2.05, 4.69) is 195 Å². The monoisotopic (exact) mass is 936 g/mol. The van der Waals surface area contributed by atoms with Crippen molar-refractivity contribution in [2.24, 2.45) is 0 Å². The van der Waals surface area contributed by atoms with Gasteiger partial charge in [0.2, 0.25) is 0 Å². The molecule has 10 aromatic carbocycles. The van der Waals surface area contributed by atoms with Gasteiger partial charge in [0.05, 0.1) is 16.8 Å². The second-order valence-corrected chi connectivity index (χ2v) is 20.0. The Labute approximate surface area is 415 Å². The molecule has 2 aliphatic rings. The molecule has 0 radical (unpaired) electrons. The Morgan fingerprint density at radius 1 is 0.347 bits per heavy atom. The number of nitrogens with zero attached hydrogens (tertiary/aromatic N) is 2. The van der Waals surface area contributed by atoms with Crippen LogP contribution in [-0.4, -0.2) is 0 Å². The topological polar surface area (TPSA) is 32.8 Å². The minimum absolute atomic E-state index is 0.284. The molecule has 346 valence electrons. The number of aryl methyl sites for hydroxylation is 2. The highest BCUT2D eigenvalue weighted by Gasteiger charge is 2.53. The minimum atomic E-state index is -0.696. The van der Waals surface area contributed by atoms with Gasteiger partial charge in [0, 0.05) is 49.7 Å². The van der Waals surface area contributed by atoms with Crippen molar-refractivity contribution in [2.75, 3.05) is 9.80 Å². The van der Waals surface area contributed by atoms with Crippen LogP contribution in [-0.2, 0) is 10.8 Å². The lowest BCUT2D eigenvalue weighted by Gasteiger charge is -2.46. The molecule has 2 heterocycles. The van der Waals surface area contributed by atoms with Crippen LogP contribution >= 0.6 is 0 Å². The van der Waals surface area contributed by atoms with Gasteiger partial charge < -0.3 is 18.6 Å². The lowest BCUT2D eigenvalue weighted by molar-refractivity contribution is 0.563. The SMILES string of the molecule is Cc1cccc2c1oc1c(N(c3ccc(F)cc3)c3ccc4c(c3)-c3cc(N(c5ccc(F)cc5)c5cccc6c5oc5c(C)cccc56)ccc3C43c4ccccc4C(C)(C)c4ccccc43)cccc12. The first-order valence-electron chi connectivity index (χ1n) is 24.5. The molecule has 2 aromatic heterocycles. The Hall–Kier alpha value is -8.74. The minimum Gasteiger partial charge on any atom is -0.454 e. The molecule has 0 atom stereocenters. The summed E-state index contributed by atoms with van der Waals surface area (Å²) in [5, 5.41) is 4.09. The summed E-state index contributed by atoms with van der Waals surface area (Å²) < 4.78 is 43.5. The fraction of sp³-hybridized carbons (Fsp3) is 0.0909. The van der Waals surface area contributed by atoms with Gasteiger partial charge in [0.1, 0.15) is 22.8 Å². The van der Waals surface area contributed by atoms with Crippen molar-refractivity contribution in [1.82, 2.24) is 0 Å². The fourth-order valence-electron chi connectivity index (χ4n) is 12.4.